The topological polar surface area (TPSA) is 105 Å². The van der Waals surface area contributed by atoms with Crippen LogP contribution in [0.5, 0.6) is 5.75 Å². The number of amides is 1. The minimum absolute atomic E-state index is 0.0691. The summed E-state index contributed by atoms with van der Waals surface area (Å²) in [6, 6.07) is 23.7. The lowest BCUT2D eigenvalue weighted by molar-refractivity contribution is -0.118. The standard InChI is InChI=1S/C31H38N2O5S/c1-39(36,37)33-31(35)21-27-17-16-26(20-30(27)38-28-10-6-3-7-11-28)24-14-12-23(13-15-24)18-19-32-22-29(34)25-8-4-2-5-9-25/h2,4-5,8-9,12-17,20,28-29,32,34H,3,6-7,10-11,18-19,21-22H2,1H3,(H,33,35)/t29-/m0/s1. The molecule has 0 heterocycles. The van der Waals surface area contributed by atoms with Crippen molar-refractivity contribution in [3.05, 3.63) is 89.5 Å². The van der Waals surface area contributed by atoms with E-state index in [0.717, 1.165) is 61.6 Å². The van der Waals surface area contributed by atoms with Crippen molar-refractivity contribution in [2.75, 3.05) is 19.3 Å². The second-order valence-electron chi connectivity index (χ2n) is 10.3. The molecule has 3 aromatic carbocycles. The first-order chi connectivity index (χ1) is 18.8. The number of carbonyl (C=O) groups is 1. The number of sulfonamides is 1. The molecule has 1 saturated carbocycles. The zero-order valence-electron chi connectivity index (χ0n) is 22.4. The summed E-state index contributed by atoms with van der Waals surface area (Å²) >= 11 is 0. The molecular formula is C31H38N2O5S. The molecule has 39 heavy (non-hydrogen) atoms. The van der Waals surface area contributed by atoms with Gasteiger partial charge in [-0.1, -0.05) is 73.2 Å². The second-order valence-corrected chi connectivity index (χ2v) is 12.0. The molecule has 1 amide bonds. The Hall–Kier alpha value is -3.20. The molecule has 208 valence electrons. The van der Waals surface area contributed by atoms with Crippen LogP contribution in [0.4, 0.5) is 0 Å². The molecule has 8 heteroatoms. The molecule has 1 aliphatic rings. The van der Waals surface area contributed by atoms with E-state index in [1.165, 1.54) is 12.0 Å². The lowest BCUT2D eigenvalue weighted by atomic mass is 9.97. The van der Waals surface area contributed by atoms with E-state index in [2.05, 4.69) is 29.6 Å². The largest absolute Gasteiger partial charge is 0.490 e. The van der Waals surface area contributed by atoms with Crippen LogP contribution >= 0.6 is 0 Å². The predicted octanol–water partition coefficient (Wildman–Crippen LogP) is 4.55. The minimum Gasteiger partial charge on any atom is -0.490 e. The van der Waals surface area contributed by atoms with Crippen LogP contribution in [0.3, 0.4) is 0 Å². The van der Waals surface area contributed by atoms with E-state index in [1.807, 2.05) is 53.3 Å². The van der Waals surface area contributed by atoms with E-state index in [9.17, 15) is 18.3 Å². The summed E-state index contributed by atoms with van der Waals surface area (Å²) in [5.74, 6) is 0.0568. The number of carbonyl (C=O) groups excluding carboxylic acids is 1. The molecule has 1 fully saturated rings. The van der Waals surface area contributed by atoms with Crippen LogP contribution in [0.15, 0.2) is 72.8 Å². The Labute approximate surface area is 231 Å². The van der Waals surface area contributed by atoms with Gasteiger partial charge < -0.3 is 15.2 Å². The Balaban J connectivity index is 1.39. The van der Waals surface area contributed by atoms with Crippen molar-refractivity contribution in [3.8, 4) is 16.9 Å². The van der Waals surface area contributed by atoms with Gasteiger partial charge in [0.2, 0.25) is 15.9 Å². The summed E-state index contributed by atoms with van der Waals surface area (Å²) in [5, 5.41) is 13.6. The average Bonchev–Trinajstić information content (AvgIpc) is 2.92. The van der Waals surface area contributed by atoms with Crippen LogP contribution < -0.4 is 14.8 Å². The molecule has 0 radical (unpaired) electrons. The zero-order chi connectivity index (χ0) is 27.7. The van der Waals surface area contributed by atoms with Crippen molar-refractivity contribution < 1.29 is 23.1 Å². The van der Waals surface area contributed by atoms with Gasteiger partial charge in [-0.15, -0.1) is 0 Å². The second kappa shape index (κ2) is 13.7. The van der Waals surface area contributed by atoms with Crippen LogP contribution in [-0.4, -0.2) is 44.9 Å². The van der Waals surface area contributed by atoms with E-state index in [4.69, 9.17) is 4.74 Å². The van der Waals surface area contributed by atoms with Gasteiger partial charge in [0.1, 0.15) is 5.75 Å². The van der Waals surface area contributed by atoms with E-state index < -0.39 is 22.0 Å². The predicted molar refractivity (Wildman–Crippen MR) is 154 cm³/mol. The quantitative estimate of drug-likeness (QED) is 0.286. The van der Waals surface area contributed by atoms with Crippen molar-refractivity contribution in [1.82, 2.24) is 10.0 Å². The van der Waals surface area contributed by atoms with E-state index in [1.54, 1.807) is 0 Å². The first-order valence-corrected chi connectivity index (χ1v) is 15.5. The Kier molecular flexibility index (Phi) is 10.1. The van der Waals surface area contributed by atoms with Crippen molar-refractivity contribution in [3.63, 3.8) is 0 Å². The van der Waals surface area contributed by atoms with Crippen LogP contribution in [0.2, 0.25) is 0 Å². The monoisotopic (exact) mass is 550 g/mol. The van der Waals surface area contributed by atoms with Crippen LogP contribution in [0.1, 0.15) is 54.9 Å². The minimum atomic E-state index is -3.62. The Bertz CT molecular complexity index is 1320. The Morgan fingerprint density at radius 3 is 2.36 bits per heavy atom. The SMILES string of the molecule is CS(=O)(=O)NC(=O)Cc1ccc(-c2ccc(CCNC[C@H](O)c3ccccc3)cc2)cc1OC1CCCCC1. The third-order valence-corrected chi connectivity index (χ3v) is 7.56. The molecular weight excluding hydrogens is 512 g/mol. The van der Waals surface area contributed by atoms with Gasteiger partial charge in [0.25, 0.3) is 0 Å². The van der Waals surface area contributed by atoms with E-state index in [0.29, 0.717) is 17.9 Å². The van der Waals surface area contributed by atoms with Gasteiger partial charge in [-0.25, -0.2) is 8.42 Å². The highest BCUT2D eigenvalue weighted by atomic mass is 32.2. The maximum absolute atomic E-state index is 12.3. The molecule has 3 N–H and O–H groups in total. The highest BCUT2D eigenvalue weighted by Gasteiger charge is 2.19. The molecule has 1 aliphatic carbocycles. The van der Waals surface area contributed by atoms with Crippen molar-refractivity contribution in [2.24, 2.45) is 0 Å². The van der Waals surface area contributed by atoms with E-state index >= 15 is 0 Å². The molecule has 0 unspecified atom stereocenters. The number of aliphatic hydroxyl groups is 1. The fourth-order valence-corrected chi connectivity index (χ4v) is 5.38. The molecule has 7 nitrogen and oxygen atoms in total. The molecule has 3 aromatic rings. The van der Waals surface area contributed by atoms with Crippen molar-refractivity contribution in [2.45, 2.75) is 57.2 Å². The van der Waals surface area contributed by atoms with Crippen LogP contribution in [0, 0.1) is 0 Å². The highest BCUT2D eigenvalue weighted by molar-refractivity contribution is 7.89. The van der Waals surface area contributed by atoms with Gasteiger partial charge in [0, 0.05) is 12.1 Å². The van der Waals surface area contributed by atoms with Crippen LogP contribution in [0.25, 0.3) is 11.1 Å². The summed E-state index contributed by atoms with van der Waals surface area (Å²) < 4.78 is 31.4. The smallest absolute Gasteiger partial charge is 0.237 e. The van der Waals surface area contributed by atoms with Gasteiger partial charge in [0.15, 0.2) is 0 Å². The summed E-state index contributed by atoms with van der Waals surface area (Å²) in [7, 11) is -3.62. The number of aliphatic hydroxyl groups excluding tert-OH is 1. The first-order valence-electron chi connectivity index (χ1n) is 13.6. The first kappa shape index (κ1) is 28.8. The summed E-state index contributed by atoms with van der Waals surface area (Å²) in [6.07, 6.45) is 6.72. The Morgan fingerprint density at radius 1 is 0.974 bits per heavy atom. The fraction of sp³-hybridized carbons (Fsp3) is 0.387. The van der Waals surface area contributed by atoms with Gasteiger partial charge >= 0.3 is 0 Å². The van der Waals surface area contributed by atoms with Gasteiger partial charge in [-0.05, 0) is 67.0 Å². The van der Waals surface area contributed by atoms with Gasteiger partial charge in [-0.2, -0.15) is 0 Å². The third kappa shape index (κ3) is 9.20. The fourth-order valence-electron chi connectivity index (χ4n) is 4.90. The molecule has 0 saturated heterocycles. The van der Waals surface area contributed by atoms with Gasteiger partial charge in [0.05, 0.1) is 24.9 Å². The maximum atomic E-state index is 12.3. The third-order valence-electron chi connectivity index (χ3n) is 6.96. The lowest BCUT2D eigenvalue weighted by Gasteiger charge is -2.24. The molecule has 0 aromatic heterocycles. The molecule has 4 rings (SSSR count). The maximum Gasteiger partial charge on any atom is 0.237 e. The number of benzene rings is 3. The van der Waals surface area contributed by atoms with Crippen molar-refractivity contribution in [1.29, 1.82) is 0 Å². The lowest BCUT2D eigenvalue weighted by Crippen LogP contribution is -2.31. The van der Waals surface area contributed by atoms with Crippen LogP contribution in [-0.2, 0) is 27.7 Å². The average molecular weight is 551 g/mol. The van der Waals surface area contributed by atoms with E-state index in [-0.39, 0.29) is 12.5 Å². The van der Waals surface area contributed by atoms with Crippen molar-refractivity contribution >= 4 is 15.9 Å². The number of nitrogens with one attached hydrogen (secondary N) is 2. The molecule has 0 bridgehead atoms. The summed E-state index contributed by atoms with van der Waals surface area (Å²) in [5.41, 5.74) is 4.78. The Morgan fingerprint density at radius 2 is 1.67 bits per heavy atom. The number of rotatable bonds is 12. The normalized spacial score (nSPS) is 15.0. The summed E-state index contributed by atoms with van der Waals surface area (Å²) in [4.78, 5) is 12.3. The molecule has 0 aliphatic heterocycles. The number of ether oxygens (including phenoxy) is 1. The molecule has 0 spiro atoms. The molecule has 1 atom stereocenters. The highest BCUT2D eigenvalue weighted by Crippen LogP contribution is 2.31. The zero-order valence-corrected chi connectivity index (χ0v) is 23.3. The summed E-state index contributed by atoms with van der Waals surface area (Å²) in [6.45, 7) is 1.26. The number of hydrogen-bond donors (Lipinski definition) is 3. The number of hydrogen-bond acceptors (Lipinski definition) is 6. The van der Waals surface area contributed by atoms with Gasteiger partial charge in [-0.3, -0.25) is 9.52 Å².